The van der Waals surface area contributed by atoms with Crippen LogP contribution in [0.5, 0.6) is 0 Å². The standard InChI is InChI=1S/C27H44O3/c1-16-7-12-27(29-15-16)17(2)24-23(30-27)14-22-20-6-5-18-13-19(28)8-10-25(18,3)21(20)9-11-26(22,24)4/h16-24,28H,5-15H2,1-4H3/t16-,17-,18+,19-,20+,21?,22?,23?,24?,25-,26+,27?/m0/s1. The molecule has 1 N–H and O–H groups in total. The fourth-order valence-corrected chi connectivity index (χ4v) is 10.3. The van der Waals surface area contributed by atoms with Crippen LogP contribution in [-0.2, 0) is 9.47 Å². The first-order valence-corrected chi connectivity index (χ1v) is 13.3. The SMILES string of the molecule is C[C@H]1CCC2(OC1)OC1CC3[C@@H]4CC[C@@H]5C[C@@H](O)CC[C@]5(C)C4CC[C@@]3(C)C1[C@@H]2C. The minimum atomic E-state index is -0.282. The number of ether oxygens (including phenoxy) is 2. The fourth-order valence-electron chi connectivity index (χ4n) is 10.3. The summed E-state index contributed by atoms with van der Waals surface area (Å²) in [4.78, 5) is 0. The van der Waals surface area contributed by atoms with Crippen LogP contribution in [0.1, 0.15) is 91.9 Å². The Kier molecular flexibility index (Phi) is 4.58. The quantitative estimate of drug-likeness (QED) is 0.543. The molecule has 1 spiro atoms. The van der Waals surface area contributed by atoms with Gasteiger partial charge in [-0.15, -0.1) is 0 Å². The molecule has 5 unspecified atom stereocenters. The maximum Gasteiger partial charge on any atom is 0.171 e. The smallest absolute Gasteiger partial charge is 0.171 e. The van der Waals surface area contributed by atoms with Gasteiger partial charge in [-0.1, -0.05) is 27.7 Å². The van der Waals surface area contributed by atoms with E-state index in [1.54, 1.807) is 0 Å². The summed E-state index contributed by atoms with van der Waals surface area (Å²) in [6.07, 6.45) is 12.9. The first-order chi connectivity index (χ1) is 14.3. The van der Waals surface area contributed by atoms with E-state index in [0.29, 0.717) is 34.7 Å². The molecule has 4 saturated carbocycles. The molecule has 6 fully saturated rings. The molecule has 2 saturated heterocycles. The van der Waals surface area contributed by atoms with Gasteiger partial charge < -0.3 is 14.6 Å². The molecule has 2 heterocycles. The molecule has 0 aromatic heterocycles. The van der Waals surface area contributed by atoms with Crippen molar-refractivity contribution < 1.29 is 14.6 Å². The van der Waals surface area contributed by atoms with Crippen molar-refractivity contribution in [2.75, 3.05) is 6.61 Å². The minimum Gasteiger partial charge on any atom is -0.393 e. The van der Waals surface area contributed by atoms with Crippen molar-refractivity contribution in [1.82, 2.24) is 0 Å². The zero-order valence-electron chi connectivity index (χ0n) is 19.7. The van der Waals surface area contributed by atoms with Crippen LogP contribution >= 0.6 is 0 Å². The van der Waals surface area contributed by atoms with Crippen molar-refractivity contribution in [2.24, 2.45) is 52.3 Å². The lowest BCUT2D eigenvalue weighted by Gasteiger charge is -2.61. The van der Waals surface area contributed by atoms with E-state index in [4.69, 9.17) is 9.47 Å². The molecule has 0 radical (unpaired) electrons. The van der Waals surface area contributed by atoms with Crippen molar-refractivity contribution in [2.45, 2.75) is 110 Å². The average molecular weight is 417 g/mol. The summed E-state index contributed by atoms with van der Waals surface area (Å²) < 4.78 is 13.4. The first-order valence-electron chi connectivity index (χ1n) is 13.3. The second-order valence-corrected chi connectivity index (χ2v) is 13.1. The Labute approximate surface area is 183 Å². The number of rotatable bonds is 0. The largest absolute Gasteiger partial charge is 0.393 e. The van der Waals surface area contributed by atoms with Gasteiger partial charge in [-0.25, -0.2) is 0 Å². The summed E-state index contributed by atoms with van der Waals surface area (Å²) >= 11 is 0. The Balaban J connectivity index is 1.26. The Morgan fingerprint density at radius 3 is 2.40 bits per heavy atom. The molecule has 4 aliphatic carbocycles. The number of aliphatic hydroxyl groups is 1. The molecule has 3 heteroatoms. The van der Waals surface area contributed by atoms with Crippen molar-refractivity contribution in [3.05, 3.63) is 0 Å². The van der Waals surface area contributed by atoms with Gasteiger partial charge >= 0.3 is 0 Å². The van der Waals surface area contributed by atoms with Crippen LogP contribution in [0.25, 0.3) is 0 Å². The number of fused-ring (bicyclic) bond motifs is 7. The molecule has 3 nitrogen and oxygen atoms in total. The van der Waals surface area contributed by atoms with Crippen LogP contribution in [0.15, 0.2) is 0 Å². The molecule has 2 aliphatic heterocycles. The topological polar surface area (TPSA) is 38.7 Å². The molecule has 30 heavy (non-hydrogen) atoms. The second-order valence-electron chi connectivity index (χ2n) is 13.1. The van der Waals surface area contributed by atoms with E-state index < -0.39 is 0 Å². The van der Waals surface area contributed by atoms with Crippen LogP contribution in [0, 0.1) is 52.3 Å². The van der Waals surface area contributed by atoms with Crippen molar-refractivity contribution >= 4 is 0 Å². The molecule has 0 aromatic rings. The third-order valence-electron chi connectivity index (χ3n) is 11.9. The van der Waals surface area contributed by atoms with Crippen molar-refractivity contribution in [3.8, 4) is 0 Å². The highest BCUT2D eigenvalue weighted by atomic mass is 16.7. The highest BCUT2D eigenvalue weighted by Crippen LogP contribution is 2.71. The van der Waals surface area contributed by atoms with Gasteiger partial charge in [-0.05, 0) is 104 Å². The van der Waals surface area contributed by atoms with E-state index in [-0.39, 0.29) is 11.9 Å². The molecule has 170 valence electrons. The molecule has 0 aromatic carbocycles. The van der Waals surface area contributed by atoms with Crippen LogP contribution in [0.3, 0.4) is 0 Å². The van der Waals surface area contributed by atoms with E-state index in [9.17, 15) is 5.11 Å². The molecular weight excluding hydrogens is 372 g/mol. The molecule has 0 bridgehead atoms. The van der Waals surface area contributed by atoms with Crippen molar-refractivity contribution in [3.63, 3.8) is 0 Å². The maximum atomic E-state index is 10.3. The molecule has 6 rings (SSSR count). The highest BCUT2D eigenvalue weighted by molar-refractivity contribution is 5.15. The summed E-state index contributed by atoms with van der Waals surface area (Å²) in [5, 5.41) is 10.3. The Morgan fingerprint density at radius 2 is 1.63 bits per heavy atom. The lowest BCUT2D eigenvalue weighted by molar-refractivity contribution is -0.273. The van der Waals surface area contributed by atoms with Gasteiger partial charge in [0, 0.05) is 12.3 Å². The van der Waals surface area contributed by atoms with Crippen LogP contribution in [0.4, 0.5) is 0 Å². The zero-order chi connectivity index (χ0) is 20.9. The summed E-state index contributed by atoms with van der Waals surface area (Å²) in [5.41, 5.74) is 0.899. The van der Waals surface area contributed by atoms with Crippen LogP contribution in [-0.4, -0.2) is 29.7 Å². The van der Waals surface area contributed by atoms with Gasteiger partial charge in [0.25, 0.3) is 0 Å². The Bertz CT molecular complexity index is 684. The summed E-state index contributed by atoms with van der Waals surface area (Å²) in [6.45, 7) is 10.9. The van der Waals surface area contributed by atoms with Gasteiger partial charge in [-0.3, -0.25) is 0 Å². The number of hydrogen-bond acceptors (Lipinski definition) is 3. The van der Waals surface area contributed by atoms with Gasteiger partial charge in [0.15, 0.2) is 5.79 Å². The number of hydrogen-bond donors (Lipinski definition) is 1. The minimum absolute atomic E-state index is 0.0389. The third-order valence-corrected chi connectivity index (χ3v) is 11.9. The Hall–Kier alpha value is -0.120. The van der Waals surface area contributed by atoms with Gasteiger partial charge in [0.05, 0.1) is 18.8 Å². The lowest BCUT2D eigenvalue weighted by atomic mass is 9.44. The number of aliphatic hydroxyl groups excluding tert-OH is 1. The van der Waals surface area contributed by atoms with Gasteiger partial charge in [-0.2, -0.15) is 0 Å². The zero-order valence-corrected chi connectivity index (χ0v) is 19.7. The van der Waals surface area contributed by atoms with E-state index >= 15 is 0 Å². The molecule has 12 atom stereocenters. The predicted molar refractivity (Wildman–Crippen MR) is 118 cm³/mol. The van der Waals surface area contributed by atoms with Gasteiger partial charge in [0.1, 0.15) is 0 Å². The van der Waals surface area contributed by atoms with Crippen LogP contribution < -0.4 is 0 Å². The fraction of sp³-hybridized carbons (Fsp3) is 1.00. The van der Waals surface area contributed by atoms with Crippen LogP contribution in [0.2, 0.25) is 0 Å². The second kappa shape index (κ2) is 6.70. The molecule has 6 aliphatic rings. The molecule has 0 amide bonds. The summed E-state index contributed by atoms with van der Waals surface area (Å²) in [5.74, 6) is 4.93. The highest BCUT2D eigenvalue weighted by Gasteiger charge is 2.69. The monoisotopic (exact) mass is 416 g/mol. The van der Waals surface area contributed by atoms with E-state index in [1.807, 2.05) is 0 Å². The molecular formula is C27H44O3. The van der Waals surface area contributed by atoms with E-state index in [1.165, 1.54) is 44.9 Å². The Morgan fingerprint density at radius 1 is 0.833 bits per heavy atom. The lowest BCUT2D eigenvalue weighted by Crippen LogP contribution is -2.55. The average Bonchev–Trinajstić information content (AvgIpc) is 3.16. The summed E-state index contributed by atoms with van der Waals surface area (Å²) in [6, 6.07) is 0. The van der Waals surface area contributed by atoms with Crippen molar-refractivity contribution in [1.29, 1.82) is 0 Å². The predicted octanol–water partition coefficient (Wildman–Crippen LogP) is 5.79. The van der Waals surface area contributed by atoms with E-state index in [0.717, 1.165) is 49.5 Å². The normalized spacial score (nSPS) is 62.5. The van der Waals surface area contributed by atoms with Gasteiger partial charge in [0.2, 0.25) is 0 Å². The summed E-state index contributed by atoms with van der Waals surface area (Å²) in [7, 11) is 0. The first kappa shape index (κ1) is 20.5. The maximum absolute atomic E-state index is 10.3. The third kappa shape index (κ3) is 2.61. The van der Waals surface area contributed by atoms with E-state index in [2.05, 4.69) is 27.7 Å².